The summed E-state index contributed by atoms with van der Waals surface area (Å²) in [5.74, 6) is 1.48. The fourth-order valence-electron chi connectivity index (χ4n) is 3.03. The molecule has 0 radical (unpaired) electrons. The van der Waals surface area contributed by atoms with E-state index in [2.05, 4.69) is 20.5 Å². The third-order valence-electron chi connectivity index (χ3n) is 4.36. The number of benzene rings is 1. The van der Waals surface area contributed by atoms with Crippen LogP contribution in [0.25, 0.3) is 0 Å². The first-order valence-electron chi connectivity index (χ1n) is 8.85. The zero-order chi connectivity index (χ0) is 19.0. The minimum atomic E-state index is -4.08. The van der Waals surface area contributed by atoms with Crippen LogP contribution in [-0.4, -0.2) is 52.0 Å². The number of para-hydroxylation sites is 2. The molecule has 1 aromatic carbocycles. The van der Waals surface area contributed by atoms with Crippen molar-refractivity contribution in [3.05, 3.63) is 24.3 Å². The second kappa shape index (κ2) is 11.5. The lowest BCUT2D eigenvalue weighted by atomic mass is 10.2. The van der Waals surface area contributed by atoms with E-state index >= 15 is 0 Å². The molecule has 1 fully saturated rings. The third-order valence-corrected chi connectivity index (χ3v) is 4.36. The van der Waals surface area contributed by atoms with Crippen LogP contribution in [0.15, 0.2) is 29.3 Å². The number of hydrogen-bond donors (Lipinski definition) is 2. The number of rotatable bonds is 7. The molecular formula is C18H28F3IN4O. The summed E-state index contributed by atoms with van der Waals surface area (Å²) in [5, 5.41) is 6.43. The molecule has 5 nitrogen and oxygen atoms in total. The normalized spacial score (nSPS) is 17.4. The number of nitrogens with zero attached hydrogens (tertiary/aromatic N) is 2. The number of hydrogen-bond acceptors (Lipinski definition) is 3. The molecule has 0 bridgehead atoms. The monoisotopic (exact) mass is 500 g/mol. The zero-order valence-electron chi connectivity index (χ0n) is 15.7. The maximum atomic E-state index is 12.1. The first-order chi connectivity index (χ1) is 12.4. The Morgan fingerprint density at radius 1 is 1.30 bits per heavy atom. The van der Waals surface area contributed by atoms with Crippen LogP contribution in [0.2, 0.25) is 0 Å². The minimum absolute atomic E-state index is 0. The van der Waals surface area contributed by atoms with E-state index in [4.69, 9.17) is 4.74 Å². The molecule has 9 heteroatoms. The van der Waals surface area contributed by atoms with Crippen molar-refractivity contribution in [3.63, 3.8) is 0 Å². The molecule has 1 aromatic rings. The average Bonchev–Trinajstić information content (AvgIpc) is 3.07. The van der Waals surface area contributed by atoms with Crippen LogP contribution in [0.4, 0.5) is 18.9 Å². The molecule has 1 atom stereocenters. The molecule has 0 spiro atoms. The maximum absolute atomic E-state index is 12.1. The van der Waals surface area contributed by atoms with E-state index in [0.717, 1.165) is 30.9 Å². The number of anilines is 1. The van der Waals surface area contributed by atoms with Crippen LogP contribution in [0.1, 0.15) is 25.7 Å². The highest BCUT2D eigenvalue weighted by Crippen LogP contribution is 2.30. The Labute approximate surface area is 175 Å². The van der Waals surface area contributed by atoms with Crippen molar-refractivity contribution in [1.29, 1.82) is 0 Å². The largest absolute Gasteiger partial charge is 0.495 e. The Kier molecular flexibility index (Phi) is 10.0. The summed E-state index contributed by atoms with van der Waals surface area (Å²) in [6, 6.07) is 8.13. The minimum Gasteiger partial charge on any atom is -0.495 e. The van der Waals surface area contributed by atoms with Crippen LogP contribution in [0.5, 0.6) is 5.75 Å². The van der Waals surface area contributed by atoms with E-state index in [1.807, 2.05) is 24.3 Å². The average molecular weight is 500 g/mol. The van der Waals surface area contributed by atoms with Gasteiger partial charge in [0.15, 0.2) is 5.96 Å². The van der Waals surface area contributed by atoms with Gasteiger partial charge in [-0.1, -0.05) is 12.1 Å². The quantitative estimate of drug-likeness (QED) is 0.259. The summed E-state index contributed by atoms with van der Waals surface area (Å²) < 4.78 is 41.8. The lowest BCUT2D eigenvalue weighted by Crippen LogP contribution is -2.44. The highest BCUT2D eigenvalue weighted by Gasteiger charge is 2.26. The Balaban J connectivity index is 0.00000364. The number of ether oxygens (including phenoxy) is 1. The molecule has 1 unspecified atom stereocenters. The van der Waals surface area contributed by atoms with Gasteiger partial charge in [-0.25, -0.2) is 0 Å². The van der Waals surface area contributed by atoms with E-state index in [1.165, 1.54) is 0 Å². The summed E-state index contributed by atoms with van der Waals surface area (Å²) in [7, 11) is 3.33. The number of alkyl halides is 3. The molecule has 2 N–H and O–H groups in total. The Morgan fingerprint density at radius 2 is 2.04 bits per heavy atom. The summed E-state index contributed by atoms with van der Waals surface area (Å²) >= 11 is 0. The van der Waals surface area contributed by atoms with E-state index in [0.29, 0.717) is 18.9 Å². The SMILES string of the molecule is CN=C(NCCCCC(F)(F)F)NC1CCN(c2ccccc2OC)C1.I. The number of nitrogens with one attached hydrogen (secondary N) is 2. The maximum Gasteiger partial charge on any atom is 0.389 e. The van der Waals surface area contributed by atoms with Gasteiger partial charge in [0.2, 0.25) is 0 Å². The van der Waals surface area contributed by atoms with Crippen molar-refractivity contribution in [1.82, 2.24) is 10.6 Å². The van der Waals surface area contributed by atoms with Crippen molar-refractivity contribution in [2.45, 2.75) is 37.9 Å². The number of halogens is 4. The van der Waals surface area contributed by atoms with E-state index in [9.17, 15) is 13.2 Å². The molecule has 1 saturated heterocycles. The van der Waals surface area contributed by atoms with E-state index in [1.54, 1.807) is 14.2 Å². The van der Waals surface area contributed by atoms with Crippen molar-refractivity contribution in [2.75, 3.05) is 38.7 Å². The van der Waals surface area contributed by atoms with Crippen molar-refractivity contribution < 1.29 is 17.9 Å². The molecule has 1 heterocycles. The summed E-state index contributed by atoms with van der Waals surface area (Å²) in [5.41, 5.74) is 1.06. The number of guanidine groups is 1. The van der Waals surface area contributed by atoms with Crippen molar-refractivity contribution in [2.24, 2.45) is 4.99 Å². The first kappa shape index (κ1) is 23.6. The van der Waals surface area contributed by atoms with Gasteiger partial charge in [-0.05, 0) is 31.4 Å². The molecule has 154 valence electrons. The second-order valence-corrected chi connectivity index (χ2v) is 6.32. The van der Waals surface area contributed by atoms with Crippen LogP contribution >= 0.6 is 24.0 Å². The predicted molar refractivity (Wildman–Crippen MR) is 113 cm³/mol. The van der Waals surface area contributed by atoms with Gasteiger partial charge in [0.1, 0.15) is 5.75 Å². The Bertz CT molecular complexity index is 598. The summed E-state index contributed by atoms with van der Waals surface area (Å²) in [6.07, 6.45) is -3.29. The van der Waals surface area contributed by atoms with Gasteiger partial charge in [-0.3, -0.25) is 4.99 Å². The van der Waals surface area contributed by atoms with Gasteiger partial charge < -0.3 is 20.3 Å². The molecular weight excluding hydrogens is 472 g/mol. The van der Waals surface area contributed by atoms with Crippen LogP contribution < -0.4 is 20.3 Å². The van der Waals surface area contributed by atoms with Crippen LogP contribution in [0, 0.1) is 0 Å². The van der Waals surface area contributed by atoms with E-state index in [-0.39, 0.29) is 36.4 Å². The Morgan fingerprint density at radius 3 is 2.70 bits per heavy atom. The molecule has 0 amide bonds. The molecule has 2 rings (SSSR count). The highest BCUT2D eigenvalue weighted by atomic mass is 127. The molecule has 1 aliphatic heterocycles. The molecule has 27 heavy (non-hydrogen) atoms. The van der Waals surface area contributed by atoms with Gasteiger partial charge >= 0.3 is 6.18 Å². The standard InChI is InChI=1S/C18H27F3N4O.HI/c1-22-17(23-11-6-5-10-18(19,20)21)24-14-9-12-25(13-14)15-7-3-4-8-16(15)26-2;/h3-4,7-8,14H,5-6,9-13H2,1-2H3,(H2,22,23,24);1H. The lowest BCUT2D eigenvalue weighted by Gasteiger charge is -2.22. The summed E-state index contributed by atoms with van der Waals surface area (Å²) in [6.45, 7) is 2.19. The van der Waals surface area contributed by atoms with Gasteiger partial charge in [0.05, 0.1) is 12.8 Å². The Hall–Kier alpha value is -1.39. The highest BCUT2D eigenvalue weighted by molar-refractivity contribution is 14.0. The van der Waals surface area contributed by atoms with E-state index < -0.39 is 12.6 Å². The number of aliphatic imine (C=N–C) groups is 1. The van der Waals surface area contributed by atoms with Gasteiger partial charge in [-0.15, -0.1) is 24.0 Å². The predicted octanol–water partition coefficient (Wildman–Crippen LogP) is 3.79. The van der Waals surface area contributed by atoms with Gasteiger partial charge in [0, 0.05) is 39.1 Å². The fraction of sp³-hybridized carbons (Fsp3) is 0.611. The smallest absolute Gasteiger partial charge is 0.389 e. The lowest BCUT2D eigenvalue weighted by molar-refractivity contribution is -0.135. The summed E-state index contributed by atoms with van der Waals surface area (Å²) in [4.78, 5) is 6.42. The van der Waals surface area contributed by atoms with Crippen molar-refractivity contribution >= 4 is 35.6 Å². The van der Waals surface area contributed by atoms with Crippen molar-refractivity contribution in [3.8, 4) is 5.75 Å². The molecule has 0 aliphatic carbocycles. The van der Waals surface area contributed by atoms with Gasteiger partial charge in [-0.2, -0.15) is 13.2 Å². The van der Waals surface area contributed by atoms with Gasteiger partial charge in [0.25, 0.3) is 0 Å². The number of unbranched alkanes of at least 4 members (excludes halogenated alkanes) is 1. The fourth-order valence-corrected chi connectivity index (χ4v) is 3.03. The molecule has 0 saturated carbocycles. The van der Waals surface area contributed by atoms with Crippen LogP contribution in [-0.2, 0) is 0 Å². The topological polar surface area (TPSA) is 48.9 Å². The third kappa shape index (κ3) is 8.02. The second-order valence-electron chi connectivity index (χ2n) is 6.32. The zero-order valence-corrected chi connectivity index (χ0v) is 18.0. The molecule has 0 aromatic heterocycles. The van der Waals surface area contributed by atoms with Crippen LogP contribution in [0.3, 0.4) is 0 Å². The number of methoxy groups -OCH3 is 1. The first-order valence-corrected chi connectivity index (χ1v) is 8.85. The molecule has 1 aliphatic rings.